The van der Waals surface area contributed by atoms with E-state index in [0.29, 0.717) is 5.92 Å². The zero-order valence-corrected chi connectivity index (χ0v) is 11.7. The van der Waals surface area contributed by atoms with E-state index in [1.807, 2.05) is 0 Å². The van der Waals surface area contributed by atoms with Gasteiger partial charge in [0.2, 0.25) is 0 Å². The fraction of sp³-hybridized carbons (Fsp3) is 0.600. The average molecular weight is 249 g/mol. The molecule has 0 fully saturated rings. The number of hydrogen-bond donors (Lipinski definition) is 1. The van der Waals surface area contributed by atoms with Gasteiger partial charge in [-0.2, -0.15) is 5.48 Å². The van der Waals surface area contributed by atoms with Gasteiger partial charge >= 0.3 is 0 Å². The third kappa shape index (κ3) is 2.52. The number of hydroxylamine groups is 1. The molecule has 1 aliphatic rings. The van der Waals surface area contributed by atoms with Crippen molar-refractivity contribution in [3.63, 3.8) is 0 Å². The molecule has 0 spiro atoms. The van der Waals surface area contributed by atoms with Gasteiger partial charge in [-0.1, -0.05) is 39.3 Å². The molecule has 3 nitrogen and oxygen atoms in total. The number of hydrogen-bond acceptors (Lipinski definition) is 3. The molecule has 1 heterocycles. The molecule has 0 aliphatic carbocycles. The van der Waals surface area contributed by atoms with Gasteiger partial charge in [0.25, 0.3) is 0 Å². The minimum Gasteiger partial charge on any atom is -0.488 e. The molecule has 2 atom stereocenters. The van der Waals surface area contributed by atoms with E-state index in [9.17, 15) is 0 Å². The van der Waals surface area contributed by atoms with Crippen molar-refractivity contribution in [1.29, 1.82) is 0 Å². The Balaban J connectivity index is 2.29. The molecule has 0 saturated carbocycles. The molecule has 2 rings (SSSR count). The van der Waals surface area contributed by atoms with E-state index in [0.717, 1.165) is 18.6 Å². The maximum Gasteiger partial charge on any atom is 0.124 e. The summed E-state index contributed by atoms with van der Waals surface area (Å²) in [4.78, 5) is 5.13. The molecule has 1 N–H and O–H groups in total. The van der Waals surface area contributed by atoms with Crippen LogP contribution >= 0.6 is 0 Å². The van der Waals surface area contributed by atoms with Crippen LogP contribution in [0.2, 0.25) is 0 Å². The maximum atomic E-state index is 6.00. The minimum atomic E-state index is 0.142. The highest BCUT2D eigenvalue weighted by Crippen LogP contribution is 2.39. The number of fused-ring (bicyclic) bond motifs is 1. The number of benzene rings is 1. The van der Waals surface area contributed by atoms with Gasteiger partial charge in [0.1, 0.15) is 11.9 Å². The largest absolute Gasteiger partial charge is 0.488 e. The summed E-state index contributed by atoms with van der Waals surface area (Å²) >= 11 is 0. The van der Waals surface area contributed by atoms with Gasteiger partial charge in [-0.3, -0.25) is 0 Å². The Morgan fingerprint density at radius 1 is 1.39 bits per heavy atom. The van der Waals surface area contributed by atoms with E-state index in [1.54, 1.807) is 7.11 Å². The molecular formula is C15H23NO2. The first-order chi connectivity index (χ1) is 8.67. The molecule has 0 aromatic heterocycles. The van der Waals surface area contributed by atoms with E-state index in [1.165, 1.54) is 11.1 Å². The molecule has 1 aromatic rings. The standard InChI is InChI=1S/C15H23NO2/c1-5-6-14-15(16-17-4)12-9-11(10(2)3)7-8-13(12)18-14/h7-10,14-16H,5-6H2,1-4H3. The van der Waals surface area contributed by atoms with Gasteiger partial charge < -0.3 is 9.57 Å². The summed E-state index contributed by atoms with van der Waals surface area (Å²) in [5.41, 5.74) is 5.65. The first-order valence-electron chi connectivity index (χ1n) is 6.76. The van der Waals surface area contributed by atoms with Crippen LogP contribution in [0.15, 0.2) is 18.2 Å². The lowest BCUT2D eigenvalue weighted by atomic mass is 9.96. The summed E-state index contributed by atoms with van der Waals surface area (Å²) in [6.07, 6.45) is 2.32. The fourth-order valence-electron chi connectivity index (χ4n) is 2.48. The molecule has 0 amide bonds. The van der Waals surface area contributed by atoms with Gasteiger partial charge in [-0.25, -0.2) is 0 Å². The van der Waals surface area contributed by atoms with Crippen LogP contribution in [0.4, 0.5) is 0 Å². The Kier molecular flexibility index (Phi) is 4.25. The number of nitrogens with one attached hydrogen (secondary N) is 1. The highest BCUT2D eigenvalue weighted by atomic mass is 16.6. The average Bonchev–Trinajstić information content (AvgIpc) is 2.68. The first-order valence-corrected chi connectivity index (χ1v) is 6.76. The van der Waals surface area contributed by atoms with E-state index in [-0.39, 0.29) is 12.1 Å². The van der Waals surface area contributed by atoms with Crippen LogP contribution in [0.1, 0.15) is 56.7 Å². The molecule has 0 radical (unpaired) electrons. The monoisotopic (exact) mass is 249 g/mol. The Bertz CT molecular complexity index is 403. The third-order valence-electron chi connectivity index (χ3n) is 3.50. The van der Waals surface area contributed by atoms with Crippen LogP contribution in [0, 0.1) is 0 Å². The SMILES string of the molecule is CCCC1Oc2ccc(C(C)C)cc2C1NOC. The maximum absolute atomic E-state index is 6.00. The second-order valence-corrected chi connectivity index (χ2v) is 5.20. The van der Waals surface area contributed by atoms with E-state index >= 15 is 0 Å². The molecule has 100 valence electrons. The van der Waals surface area contributed by atoms with Crippen LogP contribution in [0.3, 0.4) is 0 Å². The predicted octanol–water partition coefficient (Wildman–Crippen LogP) is 3.56. The second-order valence-electron chi connectivity index (χ2n) is 5.20. The van der Waals surface area contributed by atoms with Crippen molar-refractivity contribution in [2.24, 2.45) is 0 Å². The Morgan fingerprint density at radius 2 is 2.17 bits per heavy atom. The van der Waals surface area contributed by atoms with Crippen molar-refractivity contribution >= 4 is 0 Å². The van der Waals surface area contributed by atoms with Crippen LogP contribution in [-0.2, 0) is 4.84 Å². The topological polar surface area (TPSA) is 30.5 Å². The Morgan fingerprint density at radius 3 is 2.78 bits per heavy atom. The van der Waals surface area contributed by atoms with Gasteiger partial charge in [0, 0.05) is 5.56 Å². The van der Waals surface area contributed by atoms with Gasteiger partial charge in [0.15, 0.2) is 0 Å². The van der Waals surface area contributed by atoms with Gasteiger partial charge in [0.05, 0.1) is 13.2 Å². The lowest BCUT2D eigenvalue weighted by Gasteiger charge is -2.18. The van der Waals surface area contributed by atoms with Crippen LogP contribution in [-0.4, -0.2) is 13.2 Å². The van der Waals surface area contributed by atoms with Crippen LogP contribution in [0.5, 0.6) is 5.75 Å². The Hall–Kier alpha value is -1.06. The molecule has 3 heteroatoms. The lowest BCUT2D eigenvalue weighted by Crippen LogP contribution is -2.30. The van der Waals surface area contributed by atoms with E-state index in [4.69, 9.17) is 9.57 Å². The molecule has 1 aromatic carbocycles. The molecule has 0 bridgehead atoms. The molecule has 0 saturated heterocycles. The second kappa shape index (κ2) is 5.72. The van der Waals surface area contributed by atoms with Crippen LogP contribution in [0.25, 0.3) is 0 Å². The number of rotatable bonds is 5. The van der Waals surface area contributed by atoms with Gasteiger partial charge in [-0.15, -0.1) is 0 Å². The summed E-state index contributed by atoms with van der Waals surface area (Å²) in [6, 6.07) is 6.63. The summed E-state index contributed by atoms with van der Waals surface area (Å²) in [5, 5.41) is 0. The van der Waals surface area contributed by atoms with Crippen molar-refractivity contribution in [2.45, 2.75) is 51.7 Å². The molecule has 18 heavy (non-hydrogen) atoms. The summed E-state index contributed by atoms with van der Waals surface area (Å²) < 4.78 is 6.00. The summed E-state index contributed by atoms with van der Waals surface area (Å²) in [5.74, 6) is 1.52. The van der Waals surface area contributed by atoms with Gasteiger partial charge in [-0.05, 0) is 24.0 Å². The predicted molar refractivity (Wildman–Crippen MR) is 72.7 cm³/mol. The molecule has 1 aliphatic heterocycles. The zero-order chi connectivity index (χ0) is 13.1. The van der Waals surface area contributed by atoms with Crippen molar-refractivity contribution in [2.75, 3.05) is 7.11 Å². The van der Waals surface area contributed by atoms with Crippen molar-refractivity contribution < 1.29 is 9.57 Å². The Labute approximate surface area is 109 Å². The highest BCUT2D eigenvalue weighted by molar-refractivity contribution is 5.44. The summed E-state index contributed by atoms with van der Waals surface area (Å²) in [7, 11) is 1.66. The highest BCUT2D eigenvalue weighted by Gasteiger charge is 2.34. The van der Waals surface area contributed by atoms with Crippen molar-refractivity contribution in [1.82, 2.24) is 5.48 Å². The molecule has 2 unspecified atom stereocenters. The first kappa shape index (κ1) is 13.4. The fourth-order valence-corrected chi connectivity index (χ4v) is 2.48. The normalized spacial score (nSPS) is 22.1. The van der Waals surface area contributed by atoms with Crippen LogP contribution < -0.4 is 10.2 Å². The minimum absolute atomic E-state index is 0.142. The third-order valence-corrected chi connectivity index (χ3v) is 3.50. The quantitative estimate of drug-likeness (QED) is 0.809. The van der Waals surface area contributed by atoms with Crippen molar-refractivity contribution in [3.8, 4) is 5.75 Å². The zero-order valence-electron chi connectivity index (χ0n) is 11.7. The summed E-state index contributed by atoms with van der Waals surface area (Å²) in [6.45, 7) is 6.59. The smallest absolute Gasteiger partial charge is 0.124 e. The van der Waals surface area contributed by atoms with E-state index < -0.39 is 0 Å². The van der Waals surface area contributed by atoms with E-state index in [2.05, 4.69) is 44.5 Å². The molecular weight excluding hydrogens is 226 g/mol. The van der Waals surface area contributed by atoms with Crippen molar-refractivity contribution in [3.05, 3.63) is 29.3 Å². The lowest BCUT2D eigenvalue weighted by molar-refractivity contribution is 0.0269. The number of ether oxygens (including phenoxy) is 1.